The van der Waals surface area contributed by atoms with E-state index in [1.54, 1.807) is 22.2 Å². The third kappa shape index (κ3) is 3.97. The van der Waals surface area contributed by atoms with E-state index < -0.39 is 0 Å². The molecule has 1 aromatic carbocycles. The maximum absolute atomic E-state index is 13.0. The summed E-state index contributed by atoms with van der Waals surface area (Å²) >= 11 is 1.69. The molecule has 1 saturated carbocycles. The average Bonchev–Trinajstić information content (AvgIpc) is 3.43. The number of thiophene rings is 1. The quantitative estimate of drug-likeness (QED) is 0.590. The highest BCUT2D eigenvalue weighted by atomic mass is 32.1. The molecule has 3 aromatic rings. The second-order valence-corrected chi connectivity index (χ2v) is 10.3. The molecule has 0 amide bonds. The zero-order valence-corrected chi connectivity index (χ0v) is 18.8. The number of rotatable bonds is 7. The van der Waals surface area contributed by atoms with Gasteiger partial charge in [-0.1, -0.05) is 43.2 Å². The number of nitrogens with one attached hydrogen (secondary N) is 1. The van der Waals surface area contributed by atoms with Crippen molar-refractivity contribution in [3.8, 4) is 0 Å². The zero-order valence-electron chi connectivity index (χ0n) is 18.0. The van der Waals surface area contributed by atoms with E-state index in [0.717, 1.165) is 36.0 Å². The van der Waals surface area contributed by atoms with Crippen molar-refractivity contribution >= 4 is 21.6 Å². The predicted octanol–water partition coefficient (Wildman–Crippen LogP) is 3.80. The van der Waals surface area contributed by atoms with Gasteiger partial charge in [0.2, 0.25) is 0 Å². The molecule has 5 rings (SSSR count). The van der Waals surface area contributed by atoms with Crippen LogP contribution < -0.4 is 10.9 Å². The molecule has 1 atom stereocenters. The fourth-order valence-corrected chi connectivity index (χ4v) is 6.78. The van der Waals surface area contributed by atoms with E-state index in [9.17, 15) is 4.79 Å². The van der Waals surface area contributed by atoms with E-state index in [-0.39, 0.29) is 17.6 Å². The lowest BCUT2D eigenvalue weighted by atomic mass is 9.78. The SMILES string of the molecule is O=c1c2c3c(sc2ncn1CCCO)C[C@@H](NCC1(c2ccccc2)CCCC1)CC3. The Labute approximate surface area is 187 Å². The lowest BCUT2D eigenvalue weighted by Crippen LogP contribution is -2.43. The highest BCUT2D eigenvalue weighted by Gasteiger charge is 2.36. The first-order valence-corrected chi connectivity index (χ1v) is 12.4. The van der Waals surface area contributed by atoms with Crippen molar-refractivity contribution in [2.24, 2.45) is 0 Å². The van der Waals surface area contributed by atoms with Crippen LogP contribution in [0.25, 0.3) is 10.2 Å². The molecule has 6 heteroatoms. The third-order valence-corrected chi connectivity index (χ3v) is 8.43. The zero-order chi connectivity index (χ0) is 21.3. The summed E-state index contributed by atoms with van der Waals surface area (Å²) in [6, 6.07) is 11.5. The summed E-state index contributed by atoms with van der Waals surface area (Å²) in [6.45, 7) is 1.65. The highest BCUT2D eigenvalue weighted by Crippen LogP contribution is 2.41. The average molecular weight is 438 g/mol. The summed E-state index contributed by atoms with van der Waals surface area (Å²) in [4.78, 5) is 19.7. The standard InChI is InChI=1S/C25H31N3O2S/c29-14-6-13-28-17-27-23-22(24(28)30)20-10-9-19(15-21(20)31-23)26-16-25(11-4-5-12-25)18-7-2-1-3-8-18/h1-3,7-8,17,19,26,29H,4-6,9-16H2/t19-/m0/s1. The van der Waals surface area contributed by atoms with Crippen molar-refractivity contribution in [3.63, 3.8) is 0 Å². The van der Waals surface area contributed by atoms with Crippen LogP contribution in [0.15, 0.2) is 41.5 Å². The summed E-state index contributed by atoms with van der Waals surface area (Å²) in [6.07, 6.45) is 10.4. The molecule has 5 nitrogen and oxygen atoms in total. The molecular weight excluding hydrogens is 406 g/mol. The van der Waals surface area contributed by atoms with Gasteiger partial charge in [-0.25, -0.2) is 4.98 Å². The normalized spacial score (nSPS) is 20.2. The first-order valence-electron chi connectivity index (χ1n) is 11.6. The Hall–Kier alpha value is -2.02. The van der Waals surface area contributed by atoms with Crippen molar-refractivity contribution in [3.05, 3.63) is 63.0 Å². The number of hydrogen-bond acceptors (Lipinski definition) is 5. The molecule has 2 N–H and O–H groups in total. The molecule has 0 saturated heterocycles. The van der Waals surface area contributed by atoms with Crippen molar-refractivity contribution in [2.45, 2.75) is 69.4 Å². The summed E-state index contributed by atoms with van der Waals surface area (Å²) in [5.41, 5.74) is 3.01. The van der Waals surface area contributed by atoms with Gasteiger partial charge >= 0.3 is 0 Å². The molecule has 164 valence electrons. The number of benzene rings is 1. The second kappa shape index (κ2) is 8.85. The lowest BCUT2D eigenvalue weighted by molar-refractivity contribution is 0.279. The van der Waals surface area contributed by atoms with E-state index >= 15 is 0 Å². The van der Waals surface area contributed by atoms with Gasteiger partial charge in [0.25, 0.3) is 5.56 Å². The Morgan fingerprint density at radius 2 is 2.03 bits per heavy atom. The molecule has 2 aromatic heterocycles. The Bertz CT molecular complexity index is 1100. The minimum absolute atomic E-state index is 0.0522. The van der Waals surface area contributed by atoms with Crippen molar-refractivity contribution in [2.75, 3.05) is 13.2 Å². The number of aliphatic hydroxyl groups excluding tert-OH is 1. The minimum atomic E-state index is 0.0522. The van der Waals surface area contributed by atoms with Crippen LogP contribution in [0.1, 0.15) is 54.5 Å². The van der Waals surface area contributed by atoms with Gasteiger partial charge < -0.3 is 10.4 Å². The van der Waals surface area contributed by atoms with Crippen LogP contribution in [0.4, 0.5) is 0 Å². The van der Waals surface area contributed by atoms with E-state index in [1.165, 1.54) is 41.7 Å². The smallest absolute Gasteiger partial charge is 0.262 e. The molecule has 0 bridgehead atoms. The second-order valence-electron chi connectivity index (χ2n) is 9.18. The van der Waals surface area contributed by atoms with Gasteiger partial charge in [-0.15, -0.1) is 11.3 Å². The third-order valence-electron chi connectivity index (χ3n) is 7.27. The van der Waals surface area contributed by atoms with Crippen LogP contribution >= 0.6 is 11.3 Å². The fraction of sp³-hybridized carbons (Fsp3) is 0.520. The first-order chi connectivity index (χ1) is 15.2. The van der Waals surface area contributed by atoms with Crippen molar-refractivity contribution in [1.82, 2.24) is 14.9 Å². The number of nitrogens with zero attached hydrogens (tertiary/aromatic N) is 2. The van der Waals surface area contributed by atoms with Gasteiger partial charge in [-0.3, -0.25) is 9.36 Å². The van der Waals surface area contributed by atoms with Gasteiger partial charge in [0.05, 0.1) is 11.7 Å². The van der Waals surface area contributed by atoms with E-state index in [1.807, 2.05) is 0 Å². The molecule has 0 radical (unpaired) electrons. The Kier molecular flexibility index (Phi) is 5.95. The molecular formula is C25H31N3O2S. The minimum Gasteiger partial charge on any atom is -0.396 e. The predicted molar refractivity (Wildman–Crippen MR) is 126 cm³/mol. The van der Waals surface area contributed by atoms with Crippen LogP contribution in [0.3, 0.4) is 0 Å². The lowest BCUT2D eigenvalue weighted by Gasteiger charge is -2.33. The monoisotopic (exact) mass is 437 g/mol. The topological polar surface area (TPSA) is 67.2 Å². The molecule has 1 fully saturated rings. The van der Waals surface area contributed by atoms with Gasteiger partial charge in [0, 0.05) is 36.0 Å². The van der Waals surface area contributed by atoms with Crippen LogP contribution in [-0.2, 0) is 24.8 Å². The molecule has 2 heterocycles. The molecule has 31 heavy (non-hydrogen) atoms. The summed E-state index contributed by atoms with van der Waals surface area (Å²) in [7, 11) is 0. The number of hydrogen-bond donors (Lipinski definition) is 2. The molecule has 2 aliphatic carbocycles. The summed E-state index contributed by atoms with van der Waals surface area (Å²) in [5.74, 6) is 0. The van der Waals surface area contributed by atoms with E-state index in [4.69, 9.17) is 5.11 Å². The number of aliphatic hydroxyl groups is 1. The number of fused-ring (bicyclic) bond motifs is 3. The first kappa shape index (κ1) is 20.9. The Morgan fingerprint density at radius 3 is 2.81 bits per heavy atom. The summed E-state index contributed by atoms with van der Waals surface area (Å²) in [5, 5.41) is 13.8. The maximum atomic E-state index is 13.0. The van der Waals surface area contributed by atoms with E-state index in [0.29, 0.717) is 19.0 Å². The van der Waals surface area contributed by atoms with Gasteiger partial charge in [-0.05, 0) is 49.7 Å². The largest absolute Gasteiger partial charge is 0.396 e. The van der Waals surface area contributed by atoms with Gasteiger partial charge in [0.15, 0.2) is 0 Å². The van der Waals surface area contributed by atoms with Crippen LogP contribution in [0.2, 0.25) is 0 Å². The summed E-state index contributed by atoms with van der Waals surface area (Å²) < 4.78 is 1.65. The molecule has 0 unspecified atom stereocenters. The van der Waals surface area contributed by atoms with Crippen LogP contribution in [-0.4, -0.2) is 33.9 Å². The van der Waals surface area contributed by atoms with Gasteiger partial charge in [-0.2, -0.15) is 0 Å². The van der Waals surface area contributed by atoms with Crippen molar-refractivity contribution < 1.29 is 5.11 Å². The molecule has 0 aliphatic heterocycles. The highest BCUT2D eigenvalue weighted by molar-refractivity contribution is 7.18. The Morgan fingerprint density at radius 1 is 1.23 bits per heavy atom. The Balaban J connectivity index is 1.33. The van der Waals surface area contributed by atoms with Crippen LogP contribution in [0.5, 0.6) is 0 Å². The van der Waals surface area contributed by atoms with Gasteiger partial charge in [0.1, 0.15) is 4.83 Å². The van der Waals surface area contributed by atoms with E-state index in [2.05, 4.69) is 40.6 Å². The molecule has 0 spiro atoms. The van der Waals surface area contributed by atoms with Crippen LogP contribution in [0, 0.1) is 0 Å². The fourth-order valence-electron chi connectivity index (χ4n) is 5.53. The maximum Gasteiger partial charge on any atom is 0.262 e. The number of aryl methyl sites for hydroxylation is 2. The number of aromatic nitrogens is 2. The molecule has 2 aliphatic rings. The van der Waals surface area contributed by atoms with Crippen molar-refractivity contribution in [1.29, 1.82) is 0 Å².